The van der Waals surface area contributed by atoms with Crippen molar-refractivity contribution in [1.29, 1.82) is 0 Å². The van der Waals surface area contributed by atoms with Crippen molar-refractivity contribution in [2.45, 2.75) is 39.3 Å². The molecule has 168 valence electrons. The summed E-state index contributed by atoms with van der Waals surface area (Å²) < 4.78 is 7.06. The van der Waals surface area contributed by atoms with E-state index >= 15 is 0 Å². The first kappa shape index (κ1) is 22.8. The minimum Gasteiger partial charge on any atom is -0.381 e. The van der Waals surface area contributed by atoms with Crippen LogP contribution in [0.1, 0.15) is 31.7 Å². The number of aromatic nitrogens is 2. The van der Waals surface area contributed by atoms with Gasteiger partial charge in [0.1, 0.15) is 6.54 Å². The standard InChI is InChI=1S/C23H34N6O2/c1-3-24-23(28(2)13-8-19-9-14-31-15-10-19)25-17-20-6-4-7-21(16-20)27-22(30)18-29-12-5-11-26-29/h4-7,11-12,16,19H,3,8-10,13-15,17-18H2,1-2H3,(H,24,25)(H,27,30). The number of benzene rings is 1. The largest absolute Gasteiger partial charge is 0.381 e. The van der Waals surface area contributed by atoms with Crippen LogP contribution in [0.4, 0.5) is 5.69 Å². The molecular weight excluding hydrogens is 392 g/mol. The molecule has 1 amide bonds. The van der Waals surface area contributed by atoms with Crippen molar-refractivity contribution in [3.05, 3.63) is 48.3 Å². The number of nitrogens with one attached hydrogen (secondary N) is 2. The summed E-state index contributed by atoms with van der Waals surface area (Å²) in [6.45, 7) is 6.39. The SMILES string of the molecule is CCNC(=NCc1cccc(NC(=O)Cn2cccn2)c1)N(C)CCC1CCOCC1. The Balaban J connectivity index is 1.54. The molecule has 1 aromatic heterocycles. The van der Waals surface area contributed by atoms with E-state index < -0.39 is 0 Å². The summed E-state index contributed by atoms with van der Waals surface area (Å²) in [5, 5.41) is 10.4. The molecule has 0 radical (unpaired) electrons. The summed E-state index contributed by atoms with van der Waals surface area (Å²) in [6.07, 6.45) is 6.89. The lowest BCUT2D eigenvalue weighted by molar-refractivity contribution is -0.116. The molecule has 3 rings (SSSR count). The average molecular weight is 427 g/mol. The first-order valence-corrected chi connectivity index (χ1v) is 11.1. The molecule has 1 aliphatic rings. The van der Waals surface area contributed by atoms with Crippen LogP contribution in [0.2, 0.25) is 0 Å². The quantitative estimate of drug-likeness (QED) is 0.476. The number of rotatable bonds is 9. The highest BCUT2D eigenvalue weighted by Crippen LogP contribution is 2.18. The Morgan fingerprint density at radius 3 is 2.90 bits per heavy atom. The van der Waals surface area contributed by atoms with Gasteiger partial charge in [-0.2, -0.15) is 5.10 Å². The first-order valence-electron chi connectivity index (χ1n) is 11.1. The molecule has 8 nitrogen and oxygen atoms in total. The Bertz CT molecular complexity index is 830. The third-order valence-corrected chi connectivity index (χ3v) is 5.40. The zero-order chi connectivity index (χ0) is 21.9. The summed E-state index contributed by atoms with van der Waals surface area (Å²) in [7, 11) is 2.09. The molecule has 0 aliphatic carbocycles. The third kappa shape index (κ3) is 7.71. The molecular formula is C23H34N6O2. The van der Waals surface area contributed by atoms with Crippen molar-refractivity contribution in [3.63, 3.8) is 0 Å². The Morgan fingerprint density at radius 1 is 1.32 bits per heavy atom. The van der Waals surface area contributed by atoms with E-state index in [1.165, 1.54) is 0 Å². The van der Waals surface area contributed by atoms with E-state index in [0.717, 1.165) is 68.7 Å². The van der Waals surface area contributed by atoms with Gasteiger partial charge in [-0.05, 0) is 55.9 Å². The van der Waals surface area contributed by atoms with E-state index in [2.05, 4.69) is 34.6 Å². The fourth-order valence-corrected chi connectivity index (χ4v) is 3.64. The average Bonchev–Trinajstić information content (AvgIpc) is 3.29. The maximum Gasteiger partial charge on any atom is 0.246 e. The Morgan fingerprint density at radius 2 is 2.16 bits per heavy atom. The Kier molecular flexibility index (Phi) is 8.90. The summed E-state index contributed by atoms with van der Waals surface area (Å²) in [6, 6.07) is 9.62. The van der Waals surface area contributed by atoms with Gasteiger partial charge in [-0.1, -0.05) is 12.1 Å². The van der Waals surface area contributed by atoms with Crippen molar-refractivity contribution >= 4 is 17.6 Å². The lowest BCUT2D eigenvalue weighted by atomic mass is 9.96. The normalized spacial score (nSPS) is 15.0. The number of ether oxygens (including phenoxy) is 1. The molecule has 2 N–H and O–H groups in total. The number of anilines is 1. The molecule has 0 atom stereocenters. The van der Waals surface area contributed by atoms with E-state index in [0.29, 0.717) is 6.54 Å². The van der Waals surface area contributed by atoms with Gasteiger partial charge in [-0.25, -0.2) is 4.99 Å². The number of carbonyl (C=O) groups excluding carboxylic acids is 1. The van der Waals surface area contributed by atoms with Gasteiger partial charge in [-0.3, -0.25) is 9.48 Å². The molecule has 8 heteroatoms. The number of nitrogens with zero attached hydrogens (tertiary/aromatic N) is 4. The lowest BCUT2D eigenvalue weighted by Crippen LogP contribution is -2.40. The predicted octanol–water partition coefficient (Wildman–Crippen LogP) is 2.74. The zero-order valence-corrected chi connectivity index (χ0v) is 18.6. The van der Waals surface area contributed by atoms with Crippen LogP contribution in [0, 0.1) is 5.92 Å². The predicted molar refractivity (Wildman–Crippen MR) is 123 cm³/mol. The summed E-state index contributed by atoms with van der Waals surface area (Å²) in [5.41, 5.74) is 1.81. The van der Waals surface area contributed by atoms with Gasteiger partial charge in [-0.15, -0.1) is 0 Å². The Hall–Kier alpha value is -2.87. The van der Waals surface area contributed by atoms with Crippen LogP contribution in [-0.4, -0.2) is 59.9 Å². The van der Waals surface area contributed by atoms with E-state index in [1.54, 1.807) is 23.1 Å². The first-order chi connectivity index (χ1) is 15.1. The van der Waals surface area contributed by atoms with Crippen molar-refractivity contribution in [2.75, 3.05) is 38.7 Å². The molecule has 2 aromatic rings. The van der Waals surface area contributed by atoms with E-state index in [1.807, 2.05) is 24.3 Å². The summed E-state index contributed by atoms with van der Waals surface area (Å²) in [4.78, 5) is 19.2. The van der Waals surface area contributed by atoms with Gasteiger partial charge in [0, 0.05) is 51.4 Å². The number of carbonyl (C=O) groups is 1. The van der Waals surface area contributed by atoms with E-state index in [4.69, 9.17) is 9.73 Å². The monoisotopic (exact) mass is 426 g/mol. The number of amides is 1. The topological polar surface area (TPSA) is 83.8 Å². The highest BCUT2D eigenvalue weighted by molar-refractivity contribution is 5.90. The minimum absolute atomic E-state index is 0.106. The number of aliphatic imine (C=N–C) groups is 1. The maximum atomic E-state index is 12.2. The summed E-state index contributed by atoms with van der Waals surface area (Å²) >= 11 is 0. The highest BCUT2D eigenvalue weighted by atomic mass is 16.5. The summed E-state index contributed by atoms with van der Waals surface area (Å²) in [5.74, 6) is 1.54. The molecule has 1 aromatic carbocycles. The lowest BCUT2D eigenvalue weighted by Gasteiger charge is -2.26. The molecule has 1 saturated heterocycles. The van der Waals surface area contributed by atoms with Crippen LogP contribution < -0.4 is 10.6 Å². The van der Waals surface area contributed by atoms with Gasteiger partial charge in [0.25, 0.3) is 0 Å². The second-order valence-corrected chi connectivity index (χ2v) is 7.89. The van der Waals surface area contributed by atoms with Crippen molar-refractivity contribution < 1.29 is 9.53 Å². The molecule has 0 bridgehead atoms. The molecule has 2 heterocycles. The van der Waals surface area contributed by atoms with Crippen molar-refractivity contribution in [1.82, 2.24) is 20.0 Å². The van der Waals surface area contributed by atoms with Crippen molar-refractivity contribution in [2.24, 2.45) is 10.9 Å². The van der Waals surface area contributed by atoms with E-state index in [-0.39, 0.29) is 12.5 Å². The fraction of sp³-hybridized carbons (Fsp3) is 0.522. The van der Waals surface area contributed by atoms with Gasteiger partial charge < -0.3 is 20.3 Å². The van der Waals surface area contributed by atoms with Crippen LogP contribution in [0.15, 0.2) is 47.7 Å². The number of guanidine groups is 1. The molecule has 0 unspecified atom stereocenters. The zero-order valence-electron chi connectivity index (χ0n) is 18.6. The second kappa shape index (κ2) is 12.1. The molecule has 1 fully saturated rings. The van der Waals surface area contributed by atoms with Gasteiger partial charge >= 0.3 is 0 Å². The second-order valence-electron chi connectivity index (χ2n) is 7.89. The number of hydrogen-bond acceptors (Lipinski definition) is 4. The number of hydrogen-bond donors (Lipinski definition) is 2. The fourth-order valence-electron chi connectivity index (χ4n) is 3.64. The molecule has 31 heavy (non-hydrogen) atoms. The van der Waals surface area contributed by atoms with Crippen LogP contribution in [0.3, 0.4) is 0 Å². The smallest absolute Gasteiger partial charge is 0.246 e. The third-order valence-electron chi connectivity index (χ3n) is 5.40. The van der Waals surface area contributed by atoms with Crippen molar-refractivity contribution in [3.8, 4) is 0 Å². The molecule has 1 aliphatic heterocycles. The van der Waals surface area contributed by atoms with Crippen LogP contribution in [-0.2, 0) is 22.6 Å². The maximum absolute atomic E-state index is 12.2. The van der Waals surface area contributed by atoms with Gasteiger partial charge in [0.15, 0.2) is 5.96 Å². The molecule has 0 saturated carbocycles. The van der Waals surface area contributed by atoms with Gasteiger partial charge in [0.2, 0.25) is 5.91 Å². The van der Waals surface area contributed by atoms with Gasteiger partial charge in [0.05, 0.1) is 6.54 Å². The Labute approximate surface area is 184 Å². The molecule has 0 spiro atoms. The van der Waals surface area contributed by atoms with Crippen LogP contribution in [0.5, 0.6) is 0 Å². The van der Waals surface area contributed by atoms with E-state index in [9.17, 15) is 4.79 Å². The highest BCUT2D eigenvalue weighted by Gasteiger charge is 2.15. The minimum atomic E-state index is -0.106. The van der Waals surface area contributed by atoms with Crippen LogP contribution in [0.25, 0.3) is 0 Å². The van der Waals surface area contributed by atoms with Crippen LogP contribution >= 0.6 is 0 Å².